The van der Waals surface area contributed by atoms with E-state index in [1.54, 1.807) is 11.1 Å². The van der Waals surface area contributed by atoms with E-state index in [1.165, 1.54) is 51.4 Å². The average molecular weight is 269 g/mol. The van der Waals surface area contributed by atoms with Crippen LogP contribution in [-0.2, 0) is 6.42 Å². The fourth-order valence-electron chi connectivity index (χ4n) is 5.27. The molecule has 0 aromatic heterocycles. The zero-order chi connectivity index (χ0) is 13.5. The molecular weight excluding hydrogens is 242 g/mol. The average Bonchev–Trinajstić information content (AvgIpc) is 3.22. The van der Waals surface area contributed by atoms with Gasteiger partial charge in [0.2, 0.25) is 0 Å². The quantitative estimate of drug-likeness (QED) is 0.871. The lowest BCUT2D eigenvalue weighted by atomic mass is 9.79. The molecule has 1 aromatic rings. The summed E-state index contributed by atoms with van der Waals surface area (Å²) >= 11 is 0. The topological polar surface area (TPSA) is 26.0 Å². The molecule has 0 spiro atoms. The Kier molecular flexibility index (Phi) is 3.34. The van der Waals surface area contributed by atoms with E-state index in [0.29, 0.717) is 6.04 Å². The SMILES string of the molecule is NC(CC1CCCc2ccccc21)C1C2CCCCC21. The van der Waals surface area contributed by atoms with Crippen molar-refractivity contribution in [1.82, 2.24) is 0 Å². The Morgan fingerprint density at radius 1 is 1.00 bits per heavy atom. The highest BCUT2D eigenvalue weighted by atomic mass is 14.7. The molecule has 4 atom stereocenters. The molecule has 4 rings (SSSR count). The van der Waals surface area contributed by atoms with Crippen molar-refractivity contribution in [1.29, 1.82) is 0 Å². The Morgan fingerprint density at radius 2 is 1.75 bits per heavy atom. The summed E-state index contributed by atoms with van der Waals surface area (Å²) in [6.07, 6.45) is 11.0. The van der Waals surface area contributed by atoms with Gasteiger partial charge in [-0.25, -0.2) is 0 Å². The van der Waals surface area contributed by atoms with Gasteiger partial charge in [-0.2, -0.15) is 0 Å². The van der Waals surface area contributed by atoms with Crippen molar-refractivity contribution in [3.63, 3.8) is 0 Å². The second kappa shape index (κ2) is 5.18. The smallest absolute Gasteiger partial charge is 0.00784 e. The Morgan fingerprint density at radius 3 is 2.55 bits per heavy atom. The lowest BCUT2D eigenvalue weighted by Crippen LogP contribution is -2.28. The molecule has 0 aliphatic heterocycles. The Bertz CT molecular complexity index is 468. The summed E-state index contributed by atoms with van der Waals surface area (Å²) in [6, 6.07) is 9.53. The van der Waals surface area contributed by atoms with Crippen LogP contribution >= 0.6 is 0 Å². The molecule has 2 N–H and O–H groups in total. The third-order valence-corrected chi connectivity index (χ3v) is 6.27. The molecule has 4 unspecified atom stereocenters. The monoisotopic (exact) mass is 269 g/mol. The molecule has 3 aliphatic rings. The summed E-state index contributed by atoms with van der Waals surface area (Å²) in [5.74, 6) is 3.60. The van der Waals surface area contributed by atoms with Crippen LogP contribution in [0, 0.1) is 17.8 Å². The molecule has 1 nitrogen and oxygen atoms in total. The first-order valence-corrected chi connectivity index (χ1v) is 8.68. The maximum absolute atomic E-state index is 6.63. The van der Waals surface area contributed by atoms with E-state index in [9.17, 15) is 0 Å². The van der Waals surface area contributed by atoms with E-state index < -0.39 is 0 Å². The van der Waals surface area contributed by atoms with Crippen molar-refractivity contribution < 1.29 is 0 Å². The fourth-order valence-corrected chi connectivity index (χ4v) is 5.27. The van der Waals surface area contributed by atoms with Gasteiger partial charge in [-0.15, -0.1) is 0 Å². The number of hydrogen-bond donors (Lipinski definition) is 1. The number of fused-ring (bicyclic) bond motifs is 2. The summed E-state index contributed by atoms with van der Waals surface area (Å²) in [5, 5.41) is 0. The molecule has 0 saturated heterocycles. The second-order valence-corrected chi connectivity index (χ2v) is 7.38. The minimum atomic E-state index is 0.458. The largest absolute Gasteiger partial charge is 0.327 e. The van der Waals surface area contributed by atoms with Crippen LogP contribution in [0.25, 0.3) is 0 Å². The van der Waals surface area contributed by atoms with Gasteiger partial charge in [0.1, 0.15) is 0 Å². The number of rotatable bonds is 3. The van der Waals surface area contributed by atoms with E-state index in [4.69, 9.17) is 5.73 Å². The summed E-state index contributed by atoms with van der Waals surface area (Å²) in [5.41, 5.74) is 9.82. The van der Waals surface area contributed by atoms with Gasteiger partial charge in [-0.1, -0.05) is 37.1 Å². The van der Waals surface area contributed by atoms with Crippen LogP contribution in [0.2, 0.25) is 0 Å². The van der Waals surface area contributed by atoms with E-state index in [-0.39, 0.29) is 0 Å². The first-order chi connectivity index (χ1) is 9.84. The van der Waals surface area contributed by atoms with Crippen LogP contribution in [0.4, 0.5) is 0 Å². The molecule has 2 saturated carbocycles. The highest BCUT2D eigenvalue weighted by Crippen LogP contribution is 2.57. The Balaban J connectivity index is 1.45. The predicted octanol–water partition coefficient (Wildman–Crippen LogP) is 4.26. The molecule has 0 radical (unpaired) electrons. The lowest BCUT2D eigenvalue weighted by molar-refractivity contribution is 0.422. The van der Waals surface area contributed by atoms with Crippen molar-refractivity contribution in [2.75, 3.05) is 0 Å². The van der Waals surface area contributed by atoms with Gasteiger partial charge in [-0.05, 0) is 73.3 Å². The molecule has 1 aromatic carbocycles. The van der Waals surface area contributed by atoms with Crippen molar-refractivity contribution in [3.8, 4) is 0 Å². The van der Waals surface area contributed by atoms with Gasteiger partial charge in [-0.3, -0.25) is 0 Å². The summed E-state index contributed by atoms with van der Waals surface area (Å²) in [4.78, 5) is 0. The van der Waals surface area contributed by atoms with Crippen molar-refractivity contribution >= 4 is 0 Å². The van der Waals surface area contributed by atoms with E-state index in [1.807, 2.05) is 0 Å². The van der Waals surface area contributed by atoms with Gasteiger partial charge in [0.05, 0.1) is 0 Å². The fraction of sp³-hybridized carbons (Fsp3) is 0.684. The number of benzene rings is 1. The standard InChI is InChI=1S/C19H27N/c20-18(19-16-10-3-4-11-17(16)19)12-14-8-5-7-13-6-1-2-9-15(13)14/h1-2,6,9,14,16-19H,3-5,7-8,10-12,20H2. The van der Waals surface area contributed by atoms with Crippen LogP contribution in [-0.4, -0.2) is 6.04 Å². The van der Waals surface area contributed by atoms with Gasteiger partial charge in [0.25, 0.3) is 0 Å². The molecule has 2 fully saturated rings. The molecule has 108 valence electrons. The lowest BCUT2D eigenvalue weighted by Gasteiger charge is -2.28. The zero-order valence-corrected chi connectivity index (χ0v) is 12.4. The third-order valence-electron chi connectivity index (χ3n) is 6.27. The first-order valence-electron chi connectivity index (χ1n) is 8.68. The van der Waals surface area contributed by atoms with Crippen LogP contribution in [0.3, 0.4) is 0 Å². The molecule has 20 heavy (non-hydrogen) atoms. The van der Waals surface area contributed by atoms with E-state index >= 15 is 0 Å². The maximum atomic E-state index is 6.63. The molecular formula is C19H27N. The van der Waals surface area contributed by atoms with Crippen molar-refractivity contribution in [2.45, 2.75) is 63.3 Å². The van der Waals surface area contributed by atoms with Crippen LogP contribution < -0.4 is 5.73 Å². The Labute approximate surface area is 122 Å². The van der Waals surface area contributed by atoms with Crippen LogP contribution in [0.15, 0.2) is 24.3 Å². The normalized spacial score (nSPS) is 36.9. The highest BCUT2D eigenvalue weighted by molar-refractivity contribution is 5.32. The maximum Gasteiger partial charge on any atom is 0.00784 e. The second-order valence-electron chi connectivity index (χ2n) is 7.38. The number of hydrogen-bond acceptors (Lipinski definition) is 1. The zero-order valence-electron chi connectivity index (χ0n) is 12.4. The van der Waals surface area contributed by atoms with Gasteiger partial charge < -0.3 is 5.73 Å². The minimum Gasteiger partial charge on any atom is -0.327 e. The molecule has 3 aliphatic carbocycles. The van der Waals surface area contributed by atoms with Crippen LogP contribution in [0.5, 0.6) is 0 Å². The Hall–Kier alpha value is -0.820. The number of nitrogens with two attached hydrogens (primary N) is 1. The summed E-state index contributed by atoms with van der Waals surface area (Å²) in [6.45, 7) is 0. The van der Waals surface area contributed by atoms with Gasteiger partial charge >= 0.3 is 0 Å². The minimum absolute atomic E-state index is 0.458. The molecule has 1 heteroatoms. The van der Waals surface area contributed by atoms with Crippen LogP contribution in [0.1, 0.15) is 62.0 Å². The van der Waals surface area contributed by atoms with Gasteiger partial charge in [0.15, 0.2) is 0 Å². The van der Waals surface area contributed by atoms with E-state index in [2.05, 4.69) is 24.3 Å². The molecule has 0 heterocycles. The molecule has 0 amide bonds. The van der Waals surface area contributed by atoms with Crippen molar-refractivity contribution in [3.05, 3.63) is 35.4 Å². The highest BCUT2D eigenvalue weighted by Gasteiger charge is 2.53. The first kappa shape index (κ1) is 12.9. The third kappa shape index (κ3) is 2.20. The van der Waals surface area contributed by atoms with Gasteiger partial charge in [0, 0.05) is 6.04 Å². The van der Waals surface area contributed by atoms with Crippen molar-refractivity contribution in [2.24, 2.45) is 23.5 Å². The summed E-state index contributed by atoms with van der Waals surface area (Å²) in [7, 11) is 0. The predicted molar refractivity (Wildman–Crippen MR) is 83.7 cm³/mol. The van der Waals surface area contributed by atoms with E-state index in [0.717, 1.165) is 23.7 Å². The summed E-state index contributed by atoms with van der Waals surface area (Å²) < 4.78 is 0. The molecule has 0 bridgehead atoms. The number of aryl methyl sites for hydroxylation is 1.